The molecule has 1 heterocycles. The Bertz CT molecular complexity index is 528. The fourth-order valence-electron chi connectivity index (χ4n) is 1.96. The largest absolute Gasteiger partial charge is 0.337 e. The van der Waals surface area contributed by atoms with Gasteiger partial charge < -0.3 is 9.55 Å². The highest BCUT2D eigenvalue weighted by molar-refractivity contribution is 7.98. The summed E-state index contributed by atoms with van der Waals surface area (Å²) in [5.41, 5.74) is 2.37. The molecule has 2 rings (SSSR count). The van der Waals surface area contributed by atoms with Gasteiger partial charge in [0.05, 0.1) is 5.69 Å². The lowest BCUT2D eigenvalue weighted by Crippen LogP contribution is -2.09. The predicted octanol–water partition coefficient (Wildman–Crippen LogP) is 4.14. The molecule has 0 saturated carbocycles. The number of thioether (sulfide) groups is 1. The Morgan fingerprint density at radius 2 is 2.06 bits per heavy atom. The zero-order valence-corrected chi connectivity index (χ0v) is 11.6. The molecule has 4 heteroatoms. The number of benzene rings is 1. The number of aromatic amines is 1. The van der Waals surface area contributed by atoms with Crippen molar-refractivity contribution in [3.63, 3.8) is 0 Å². The third kappa shape index (κ3) is 2.64. The number of nitrogens with one attached hydrogen (secondary N) is 1. The summed E-state index contributed by atoms with van der Waals surface area (Å²) < 4.78 is 2.99. The SMILES string of the molecule is CSCC(C)n1c(-c2ccccc2)c[nH]c1=S. The molecule has 1 atom stereocenters. The van der Waals surface area contributed by atoms with Crippen molar-refractivity contribution in [2.45, 2.75) is 13.0 Å². The molecule has 1 unspecified atom stereocenters. The molecule has 0 aliphatic heterocycles. The molecular weight excluding hydrogens is 248 g/mol. The highest BCUT2D eigenvalue weighted by Gasteiger charge is 2.11. The zero-order valence-electron chi connectivity index (χ0n) is 10.0. The van der Waals surface area contributed by atoms with Crippen LogP contribution in [0.25, 0.3) is 11.3 Å². The maximum absolute atomic E-state index is 5.36. The summed E-state index contributed by atoms with van der Waals surface area (Å²) in [5, 5.41) is 0. The van der Waals surface area contributed by atoms with Crippen LogP contribution < -0.4 is 0 Å². The van der Waals surface area contributed by atoms with Gasteiger partial charge in [0.25, 0.3) is 0 Å². The summed E-state index contributed by atoms with van der Waals surface area (Å²) in [6.07, 6.45) is 4.11. The summed E-state index contributed by atoms with van der Waals surface area (Å²) in [7, 11) is 0. The van der Waals surface area contributed by atoms with Crippen molar-refractivity contribution in [1.82, 2.24) is 9.55 Å². The standard InChI is InChI=1S/C13H16N2S2/c1-10(9-17-2)15-12(8-14-13(15)16)11-6-4-3-5-7-11/h3-8,10H,9H2,1-2H3,(H,14,16). The van der Waals surface area contributed by atoms with Gasteiger partial charge in [-0.2, -0.15) is 11.8 Å². The third-order valence-corrected chi connectivity index (χ3v) is 3.86. The van der Waals surface area contributed by atoms with Gasteiger partial charge in [-0.1, -0.05) is 30.3 Å². The van der Waals surface area contributed by atoms with Crippen LogP contribution in [0.2, 0.25) is 0 Å². The van der Waals surface area contributed by atoms with Gasteiger partial charge in [0.1, 0.15) is 0 Å². The lowest BCUT2D eigenvalue weighted by Gasteiger charge is -2.15. The first-order valence-electron chi connectivity index (χ1n) is 5.58. The number of hydrogen-bond donors (Lipinski definition) is 1. The summed E-state index contributed by atoms with van der Waals surface area (Å²) in [4.78, 5) is 3.14. The Morgan fingerprint density at radius 3 is 2.71 bits per heavy atom. The van der Waals surface area contributed by atoms with E-state index in [1.54, 1.807) is 0 Å². The van der Waals surface area contributed by atoms with E-state index in [-0.39, 0.29) is 0 Å². The van der Waals surface area contributed by atoms with Crippen molar-refractivity contribution < 1.29 is 0 Å². The Labute approximate surface area is 111 Å². The summed E-state index contributed by atoms with van der Waals surface area (Å²) in [6.45, 7) is 2.20. The fourth-order valence-corrected chi connectivity index (χ4v) is 2.93. The first-order valence-corrected chi connectivity index (χ1v) is 7.38. The minimum absolute atomic E-state index is 0.402. The van der Waals surface area contributed by atoms with E-state index >= 15 is 0 Å². The second-order valence-electron chi connectivity index (χ2n) is 4.02. The Hall–Kier alpha value is -1.00. The second-order valence-corrected chi connectivity index (χ2v) is 5.32. The van der Waals surface area contributed by atoms with Crippen LogP contribution in [-0.4, -0.2) is 21.6 Å². The Kier molecular flexibility index (Phi) is 4.07. The fraction of sp³-hybridized carbons (Fsp3) is 0.308. The van der Waals surface area contributed by atoms with Crippen LogP contribution in [0.1, 0.15) is 13.0 Å². The molecule has 0 bridgehead atoms. The van der Waals surface area contributed by atoms with Gasteiger partial charge in [-0.05, 0) is 31.0 Å². The monoisotopic (exact) mass is 264 g/mol. The molecule has 1 N–H and O–H groups in total. The highest BCUT2D eigenvalue weighted by atomic mass is 32.2. The number of H-pyrrole nitrogens is 1. The van der Waals surface area contributed by atoms with Crippen LogP contribution in [0.4, 0.5) is 0 Å². The van der Waals surface area contributed by atoms with E-state index in [2.05, 4.69) is 47.0 Å². The lowest BCUT2D eigenvalue weighted by atomic mass is 10.1. The average molecular weight is 264 g/mol. The molecule has 0 saturated heterocycles. The van der Waals surface area contributed by atoms with E-state index < -0.39 is 0 Å². The molecule has 0 fully saturated rings. The molecule has 1 aromatic carbocycles. The number of aromatic nitrogens is 2. The Balaban J connectivity index is 2.46. The lowest BCUT2D eigenvalue weighted by molar-refractivity contribution is 0.607. The van der Waals surface area contributed by atoms with Gasteiger partial charge in [-0.25, -0.2) is 0 Å². The Morgan fingerprint density at radius 1 is 1.35 bits per heavy atom. The zero-order chi connectivity index (χ0) is 12.3. The first kappa shape index (κ1) is 12.5. The quantitative estimate of drug-likeness (QED) is 0.838. The van der Waals surface area contributed by atoms with Gasteiger partial charge in [-0.15, -0.1) is 0 Å². The molecule has 2 nitrogen and oxygen atoms in total. The molecule has 0 radical (unpaired) electrons. The van der Waals surface area contributed by atoms with E-state index in [1.807, 2.05) is 24.0 Å². The average Bonchev–Trinajstić information content (AvgIpc) is 2.73. The maximum Gasteiger partial charge on any atom is 0.177 e. The van der Waals surface area contributed by atoms with Crippen molar-refractivity contribution >= 4 is 24.0 Å². The molecule has 0 amide bonds. The number of hydrogen-bond acceptors (Lipinski definition) is 2. The summed E-state index contributed by atoms with van der Waals surface area (Å²) >= 11 is 7.20. The molecule has 17 heavy (non-hydrogen) atoms. The first-order chi connectivity index (χ1) is 8.24. The van der Waals surface area contributed by atoms with Crippen LogP contribution in [0.3, 0.4) is 0 Å². The summed E-state index contributed by atoms with van der Waals surface area (Å²) in [6, 6.07) is 10.8. The number of rotatable bonds is 4. The molecule has 0 aliphatic rings. The van der Waals surface area contributed by atoms with Crippen LogP contribution in [0, 0.1) is 4.77 Å². The van der Waals surface area contributed by atoms with E-state index in [4.69, 9.17) is 12.2 Å². The van der Waals surface area contributed by atoms with Crippen LogP contribution in [0.5, 0.6) is 0 Å². The van der Waals surface area contributed by atoms with Crippen molar-refractivity contribution in [2.75, 3.05) is 12.0 Å². The minimum Gasteiger partial charge on any atom is -0.337 e. The van der Waals surface area contributed by atoms with Crippen LogP contribution in [-0.2, 0) is 0 Å². The van der Waals surface area contributed by atoms with E-state index in [0.29, 0.717) is 6.04 Å². The third-order valence-electron chi connectivity index (χ3n) is 2.73. The molecular formula is C13H16N2S2. The molecule has 1 aromatic heterocycles. The van der Waals surface area contributed by atoms with Crippen molar-refractivity contribution in [3.05, 3.63) is 41.3 Å². The van der Waals surface area contributed by atoms with Gasteiger partial charge in [-0.3, -0.25) is 0 Å². The normalized spacial score (nSPS) is 12.6. The highest BCUT2D eigenvalue weighted by Crippen LogP contribution is 2.24. The van der Waals surface area contributed by atoms with E-state index in [9.17, 15) is 0 Å². The van der Waals surface area contributed by atoms with Gasteiger partial charge in [0.2, 0.25) is 0 Å². The van der Waals surface area contributed by atoms with Gasteiger partial charge in [0.15, 0.2) is 4.77 Å². The van der Waals surface area contributed by atoms with Crippen molar-refractivity contribution in [3.8, 4) is 11.3 Å². The molecule has 2 aromatic rings. The van der Waals surface area contributed by atoms with Gasteiger partial charge >= 0.3 is 0 Å². The van der Waals surface area contributed by atoms with E-state index in [0.717, 1.165) is 16.2 Å². The van der Waals surface area contributed by atoms with Crippen molar-refractivity contribution in [1.29, 1.82) is 0 Å². The van der Waals surface area contributed by atoms with Crippen molar-refractivity contribution in [2.24, 2.45) is 0 Å². The predicted molar refractivity (Wildman–Crippen MR) is 78.1 cm³/mol. The summed E-state index contributed by atoms with van der Waals surface area (Å²) in [5.74, 6) is 1.06. The number of imidazole rings is 1. The topological polar surface area (TPSA) is 20.7 Å². The minimum atomic E-state index is 0.402. The molecule has 0 aliphatic carbocycles. The number of nitrogens with zero attached hydrogens (tertiary/aromatic N) is 1. The molecule has 90 valence electrons. The van der Waals surface area contributed by atoms with Gasteiger partial charge in [0, 0.05) is 18.0 Å². The maximum atomic E-state index is 5.36. The smallest absolute Gasteiger partial charge is 0.177 e. The van der Waals surface area contributed by atoms with Crippen LogP contribution >= 0.6 is 24.0 Å². The van der Waals surface area contributed by atoms with E-state index in [1.165, 1.54) is 5.56 Å². The molecule has 0 spiro atoms. The van der Waals surface area contributed by atoms with Crippen LogP contribution in [0.15, 0.2) is 36.5 Å². The second kappa shape index (κ2) is 5.56.